The first-order valence-corrected chi connectivity index (χ1v) is 5.54. The molecule has 1 atom stereocenters. The molecule has 0 saturated carbocycles. The van der Waals surface area contributed by atoms with E-state index < -0.39 is 0 Å². The number of anilines is 1. The summed E-state index contributed by atoms with van der Waals surface area (Å²) in [6, 6.07) is 0.230. The van der Waals surface area contributed by atoms with Crippen molar-refractivity contribution in [1.82, 2.24) is 15.3 Å². The average molecular weight is 220 g/mol. The molecule has 1 aromatic heterocycles. The maximum atomic E-state index is 11.0. The van der Waals surface area contributed by atoms with Crippen molar-refractivity contribution in [3.63, 3.8) is 0 Å². The molecule has 2 heterocycles. The van der Waals surface area contributed by atoms with Gasteiger partial charge in [0.1, 0.15) is 5.82 Å². The third-order valence-corrected chi connectivity index (χ3v) is 2.70. The Balaban J connectivity index is 1.99. The lowest BCUT2D eigenvalue weighted by atomic mass is 10.1. The van der Waals surface area contributed by atoms with Gasteiger partial charge in [0.25, 0.3) is 0 Å². The van der Waals surface area contributed by atoms with Crippen LogP contribution in [0.15, 0.2) is 18.6 Å². The summed E-state index contributed by atoms with van der Waals surface area (Å²) >= 11 is 0. The lowest BCUT2D eigenvalue weighted by Crippen LogP contribution is -2.47. The van der Waals surface area contributed by atoms with E-state index >= 15 is 0 Å². The Hall–Kier alpha value is -1.65. The van der Waals surface area contributed by atoms with Crippen molar-refractivity contribution in [2.45, 2.75) is 25.8 Å². The van der Waals surface area contributed by atoms with Crippen LogP contribution in [0.2, 0.25) is 0 Å². The van der Waals surface area contributed by atoms with E-state index in [1.807, 2.05) is 0 Å². The number of hydrogen-bond acceptors (Lipinski definition) is 4. The zero-order valence-corrected chi connectivity index (χ0v) is 9.39. The maximum absolute atomic E-state index is 11.0. The van der Waals surface area contributed by atoms with Gasteiger partial charge in [-0.1, -0.05) is 0 Å². The molecule has 0 spiro atoms. The van der Waals surface area contributed by atoms with E-state index in [2.05, 4.69) is 20.2 Å². The Morgan fingerprint density at radius 1 is 1.56 bits per heavy atom. The summed E-state index contributed by atoms with van der Waals surface area (Å²) in [6.45, 7) is 3.36. The number of amides is 1. The van der Waals surface area contributed by atoms with Gasteiger partial charge in [-0.25, -0.2) is 4.98 Å². The molecule has 16 heavy (non-hydrogen) atoms. The fourth-order valence-corrected chi connectivity index (χ4v) is 2.05. The largest absolute Gasteiger partial charge is 0.353 e. The van der Waals surface area contributed by atoms with E-state index in [0.29, 0.717) is 0 Å². The molecule has 0 bridgehead atoms. The van der Waals surface area contributed by atoms with Crippen LogP contribution in [0.25, 0.3) is 0 Å². The minimum absolute atomic E-state index is 0.0333. The number of hydrogen-bond donors (Lipinski definition) is 1. The summed E-state index contributed by atoms with van der Waals surface area (Å²) in [5, 5.41) is 2.95. The van der Waals surface area contributed by atoms with E-state index in [-0.39, 0.29) is 11.9 Å². The van der Waals surface area contributed by atoms with Gasteiger partial charge in [-0.2, -0.15) is 0 Å². The van der Waals surface area contributed by atoms with Crippen molar-refractivity contribution in [3.8, 4) is 0 Å². The predicted octanol–water partition coefficient (Wildman–Crippen LogP) is 0.582. The fourth-order valence-electron chi connectivity index (χ4n) is 2.05. The highest BCUT2D eigenvalue weighted by molar-refractivity contribution is 5.73. The minimum Gasteiger partial charge on any atom is -0.353 e. The maximum Gasteiger partial charge on any atom is 0.217 e. The number of piperidine rings is 1. The van der Waals surface area contributed by atoms with E-state index in [4.69, 9.17) is 0 Å². The molecule has 1 N–H and O–H groups in total. The topological polar surface area (TPSA) is 58.1 Å². The molecule has 2 rings (SSSR count). The predicted molar refractivity (Wildman–Crippen MR) is 61.1 cm³/mol. The van der Waals surface area contributed by atoms with Crippen LogP contribution in [0.5, 0.6) is 0 Å². The molecule has 1 fully saturated rings. The monoisotopic (exact) mass is 220 g/mol. The van der Waals surface area contributed by atoms with Crippen LogP contribution < -0.4 is 10.2 Å². The summed E-state index contributed by atoms with van der Waals surface area (Å²) in [7, 11) is 0. The van der Waals surface area contributed by atoms with Gasteiger partial charge >= 0.3 is 0 Å². The standard InChI is InChI=1S/C11H16N4O/c1-9(16)14-10-3-2-6-15(8-10)11-7-12-4-5-13-11/h4-5,7,10H,2-3,6,8H2,1H3,(H,14,16)/t10-/m0/s1. The average Bonchev–Trinajstić information content (AvgIpc) is 2.30. The quantitative estimate of drug-likeness (QED) is 0.792. The number of carbonyl (C=O) groups is 1. The zero-order chi connectivity index (χ0) is 11.4. The third-order valence-electron chi connectivity index (χ3n) is 2.70. The summed E-state index contributed by atoms with van der Waals surface area (Å²) < 4.78 is 0. The van der Waals surface area contributed by atoms with Crippen molar-refractivity contribution in [3.05, 3.63) is 18.6 Å². The number of nitrogens with one attached hydrogen (secondary N) is 1. The molecule has 1 amide bonds. The molecule has 0 aromatic carbocycles. The molecule has 1 aromatic rings. The molecular weight excluding hydrogens is 204 g/mol. The summed E-state index contributed by atoms with van der Waals surface area (Å²) in [5.74, 6) is 0.920. The van der Waals surface area contributed by atoms with Gasteiger partial charge in [0.15, 0.2) is 0 Å². The third kappa shape index (κ3) is 2.68. The van der Waals surface area contributed by atoms with E-state index in [0.717, 1.165) is 31.7 Å². The molecule has 0 unspecified atom stereocenters. The van der Waals surface area contributed by atoms with E-state index in [9.17, 15) is 4.79 Å². The highest BCUT2D eigenvalue weighted by Gasteiger charge is 2.21. The van der Waals surface area contributed by atoms with Crippen LogP contribution >= 0.6 is 0 Å². The Kier molecular flexibility index (Phi) is 3.34. The number of carbonyl (C=O) groups excluding carboxylic acids is 1. The highest BCUT2D eigenvalue weighted by Crippen LogP contribution is 2.16. The van der Waals surface area contributed by atoms with Crippen molar-refractivity contribution in [1.29, 1.82) is 0 Å². The molecule has 5 nitrogen and oxygen atoms in total. The van der Waals surface area contributed by atoms with Crippen LogP contribution in [-0.4, -0.2) is 35.0 Å². The van der Waals surface area contributed by atoms with Gasteiger partial charge in [0.05, 0.1) is 6.20 Å². The van der Waals surface area contributed by atoms with Crippen LogP contribution in [0.1, 0.15) is 19.8 Å². The first kappa shape index (κ1) is 10.9. The normalized spacial score (nSPS) is 20.6. The van der Waals surface area contributed by atoms with Gasteiger partial charge < -0.3 is 10.2 Å². The van der Waals surface area contributed by atoms with Gasteiger partial charge in [0, 0.05) is 38.4 Å². The molecule has 1 aliphatic rings. The zero-order valence-electron chi connectivity index (χ0n) is 9.39. The first-order chi connectivity index (χ1) is 7.75. The van der Waals surface area contributed by atoms with Crippen LogP contribution in [-0.2, 0) is 4.79 Å². The summed E-state index contributed by atoms with van der Waals surface area (Å²) in [6.07, 6.45) is 7.23. The van der Waals surface area contributed by atoms with Gasteiger partial charge in [-0.05, 0) is 12.8 Å². The Labute approximate surface area is 94.9 Å². The Morgan fingerprint density at radius 2 is 2.44 bits per heavy atom. The first-order valence-electron chi connectivity index (χ1n) is 5.54. The SMILES string of the molecule is CC(=O)N[C@H]1CCCN(c2cnccn2)C1. The van der Waals surface area contributed by atoms with E-state index in [1.54, 1.807) is 25.5 Å². The number of nitrogens with zero attached hydrogens (tertiary/aromatic N) is 3. The van der Waals surface area contributed by atoms with Crippen molar-refractivity contribution in [2.75, 3.05) is 18.0 Å². The lowest BCUT2D eigenvalue weighted by Gasteiger charge is -2.33. The molecule has 0 aliphatic carbocycles. The number of rotatable bonds is 2. The van der Waals surface area contributed by atoms with Crippen LogP contribution in [0, 0.1) is 0 Å². The molecule has 86 valence electrons. The molecule has 1 saturated heterocycles. The van der Waals surface area contributed by atoms with Gasteiger partial charge in [-0.15, -0.1) is 0 Å². The Morgan fingerprint density at radius 3 is 3.12 bits per heavy atom. The van der Waals surface area contributed by atoms with Crippen LogP contribution in [0.3, 0.4) is 0 Å². The van der Waals surface area contributed by atoms with Gasteiger partial charge in [0.2, 0.25) is 5.91 Å². The van der Waals surface area contributed by atoms with Crippen LogP contribution in [0.4, 0.5) is 5.82 Å². The van der Waals surface area contributed by atoms with Crippen molar-refractivity contribution >= 4 is 11.7 Å². The molecule has 1 aliphatic heterocycles. The molecule has 0 radical (unpaired) electrons. The lowest BCUT2D eigenvalue weighted by molar-refractivity contribution is -0.119. The fraction of sp³-hybridized carbons (Fsp3) is 0.545. The molecular formula is C11H16N4O. The summed E-state index contributed by atoms with van der Waals surface area (Å²) in [4.78, 5) is 21.5. The van der Waals surface area contributed by atoms with Crippen molar-refractivity contribution in [2.24, 2.45) is 0 Å². The van der Waals surface area contributed by atoms with Gasteiger partial charge in [-0.3, -0.25) is 9.78 Å². The second-order valence-electron chi connectivity index (χ2n) is 4.05. The second-order valence-corrected chi connectivity index (χ2v) is 4.05. The summed E-state index contributed by atoms with van der Waals surface area (Å²) in [5.41, 5.74) is 0. The second kappa shape index (κ2) is 4.92. The van der Waals surface area contributed by atoms with Crippen molar-refractivity contribution < 1.29 is 4.79 Å². The van der Waals surface area contributed by atoms with E-state index in [1.165, 1.54) is 0 Å². The smallest absolute Gasteiger partial charge is 0.217 e. The Bertz CT molecular complexity index is 354. The highest BCUT2D eigenvalue weighted by atomic mass is 16.1. The minimum atomic E-state index is 0.0333. The number of aromatic nitrogens is 2. The molecule has 5 heteroatoms.